The van der Waals surface area contributed by atoms with Crippen molar-refractivity contribution in [2.45, 2.75) is 0 Å². The van der Waals surface area contributed by atoms with Gasteiger partial charge in [-0.05, 0) is 34.4 Å². The zero-order chi connectivity index (χ0) is 10.1. The topological polar surface area (TPSA) is 53.4 Å². The number of hydrogen-bond acceptors (Lipinski definition) is 3. The van der Waals surface area contributed by atoms with E-state index in [1.54, 1.807) is 24.5 Å². The fraction of sp³-hybridized carbons (Fsp3) is 0. The number of rotatable bonds is 1. The molecular formula is C9H7BClNO2. The van der Waals surface area contributed by atoms with Gasteiger partial charge >= 0.3 is 7.12 Å². The molecule has 1 heterocycles. The summed E-state index contributed by atoms with van der Waals surface area (Å²) in [4.78, 5) is 3.92. The third-order valence-corrected chi connectivity index (χ3v) is 2.25. The summed E-state index contributed by atoms with van der Waals surface area (Å²) in [6.07, 6.45) is 3.21. The highest BCUT2D eigenvalue weighted by Crippen LogP contribution is 2.16. The Kier molecular flexibility index (Phi) is 2.41. The average molecular weight is 207 g/mol. The molecule has 3 nitrogen and oxygen atoms in total. The van der Waals surface area contributed by atoms with Crippen LogP contribution in [-0.2, 0) is 0 Å². The Morgan fingerprint density at radius 2 is 2.07 bits per heavy atom. The molecule has 70 valence electrons. The van der Waals surface area contributed by atoms with Crippen LogP contribution in [-0.4, -0.2) is 22.2 Å². The van der Waals surface area contributed by atoms with Gasteiger partial charge < -0.3 is 10.0 Å². The number of nitrogens with zero attached hydrogens (tertiary/aromatic N) is 1. The summed E-state index contributed by atoms with van der Waals surface area (Å²) in [6, 6.07) is 5.05. The summed E-state index contributed by atoms with van der Waals surface area (Å²) in [5.74, 6) is 0. The van der Waals surface area contributed by atoms with E-state index in [-0.39, 0.29) is 0 Å². The number of hydrogen-bond donors (Lipinski definition) is 2. The minimum atomic E-state index is -1.53. The van der Waals surface area contributed by atoms with Crippen molar-refractivity contribution in [1.82, 2.24) is 4.98 Å². The first kappa shape index (κ1) is 9.46. The molecular weight excluding hydrogens is 200 g/mol. The summed E-state index contributed by atoms with van der Waals surface area (Å²) < 4.78 is 0. The summed E-state index contributed by atoms with van der Waals surface area (Å²) in [5.41, 5.74) is 0.376. The van der Waals surface area contributed by atoms with E-state index in [1.165, 1.54) is 6.07 Å². The maximum Gasteiger partial charge on any atom is 0.489 e. The number of fused-ring (bicyclic) bond motifs is 1. The molecule has 2 rings (SSSR count). The van der Waals surface area contributed by atoms with Crippen LogP contribution in [0.1, 0.15) is 0 Å². The predicted octanol–water partition coefficient (Wildman–Crippen LogP) is 0.568. The second-order valence-electron chi connectivity index (χ2n) is 2.97. The lowest BCUT2D eigenvalue weighted by Gasteiger charge is -2.05. The molecule has 1 aromatic heterocycles. The Hall–Kier alpha value is -1.10. The van der Waals surface area contributed by atoms with E-state index in [4.69, 9.17) is 21.6 Å². The highest BCUT2D eigenvalue weighted by molar-refractivity contribution is 6.62. The molecule has 0 fully saturated rings. The van der Waals surface area contributed by atoms with Gasteiger partial charge in [-0.2, -0.15) is 0 Å². The largest absolute Gasteiger partial charge is 0.489 e. The monoisotopic (exact) mass is 207 g/mol. The Bertz CT molecular complexity index is 475. The number of aromatic nitrogens is 1. The van der Waals surface area contributed by atoms with Gasteiger partial charge in [0.25, 0.3) is 0 Å². The standard InChI is InChI=1S/C9H7BClNO2/c11-7-3-6-1-2-12-5-8(6)9(4-7)10(13)14/h1-5,13-14H. The van der Waals surface area contributed by atoms with Crippen molar-refractivity contribution in [3.8, 4) is 0 Å². The van der Waals surface area contributed by atoms with Crippen molar-refractivity contribution in [2.75, 3.05) is 0 Å². The van der Waals surface area contributed by atoms with Crippen LogP contribution in [0.5, 0.6) is 0 Å². The van der Waals surface area contributed by atoms with Crippen LogP contribution in [0.2, 0.25) is 5.02 Å². The predicted molar refractivity (Wildman–Crippen MR) is 56.6 cm³/mol. The molecule has 2 N–H and O–H groups in total. The van der Waals surface area contributed by atoms with Gasteiger partial charge in [-0.15, -0.1) is 0 Å². The number of pyridine rings is 1. The van der Waals surface area contributed by atoms with Gasteiger partial charge in [0, 0.05) is 17.4 Å². The fourth-order valence-electron chi connectivity index (χ4n) is 1.40. The summed E-state index contributed by atoms with van der Waals surface area (Å²) >= 11 is 5.83. The molecule has 0 spiro atoms. The molecule has 5 heteroatoms. The van der Waals surface area contributed by atoms with E-state index in [1.807, 2.05) is 0 Å². The second kappa shape index (κ2) is 3.57. The molecule has 1 aromatic carbocycles. The minimum Gasteiger partial charge on any atom is -0.423 e. The average Bonchev–Trinajstić information content (AvgIpc) is 2.16. The van der Waals surface area contributed by atoms with Crippen LogP contribution in [0.25, 0.3) is 10.8 Å². The second-order valence-corrected chi connectivity index (χ2v) is 3.40. The van der Waals surface area contributed by atoms with Crippen LogP contribution >= 0.6 is 11.6 Å². The first-order valence-electron chi connectivity index (χ1n) is 4.08. The molecule has 0 bridgehead atoms. The van der Waals surface area contributed by atoms with Crippen LogP contribution in [0, 0.1) is 0 Å². The van der Waals surface area contributed by atoms with E-state index >= 15 is 0 Å². The lowest BCUT2D eigenvalue weighted by atomic mass is 9.77. The first-order chi connectivity index (χ1) is 6.68. The smallest absolute Gasteiger partial charge is 0.423 e. The molecule has 0 saturated carbocycles. The van der Waals surface area contributed by atoms with Crippen LogP contribution in [0.3, 0.4) is 0 Å². The van der Waals surface area contributed by atoms with Gasteiger partial charge in [0.15, 0.2) is 0 Å². The van der Waals surface area contributed by atoms with Gasteiger partial charge in [-0.25, -0.2) is 0 Å². The SMILES string of the molecule is OB(O)c1cc(Cl)cc2ccncc12. The van der Waals surface area contributed by atoms with Gasteiger partial charge in [0.1, 0.15) is 0 Å². The van der Waals surface area contributed by atoms with Gasteiger partial charge in [0.2, 0.25) is 0 Å². The molecule has 0 aliphatic heterocycles. The van der Waals surface area contributed by atoms with Gasteiger partial charge in [-0.1, -0.05) is 11.6 Å². The van der Waals surface area contributed by atoms with E-state index in [9.17, 15) is 0 Å². The van der Waals surface area contributed by atoms with Crippen molar-refractivity contribution in [3.05, 3.63) is 35.6 Å². The number of halogens is 1. The molecule has 14 heavy (non-hydrogen) atoms. The van der Waals surface area contributed by atoms with Gasteiger partial charge in [-0.3, -0.25) is 4.98 Å². The zero-order valence-corrected chi connectivity index (χ0v) is 7.94. The van der Waals surface area contributed by atoms with Crippen LogP contribution in [0.4, 0.5) is 0 Å². The Balaban J connectivity index is 2.80. The maximum absolute atomic E-state index is 9.12. The maximum atomic E-state index is 9.12. The lowest BCUT2D eigenvalue weighted by Crippen LogP contribution is -2.30. The van der Waals surface area contributed by atoms with Crippen LogP contribution in [0.15, 0.2) is 30.6 Å². The van der Waals surface area contributed by atoms with Crippen molar-refractivity contribution >= 4 is 35.0 Å². The molecule has 2 aromatic rings. The lowest BCUT2D eigenvalue weighted by molar-refractivity contribution is 0.426. The quantitative estimate of drug-likeness (QED) is 0.672. The van der Waals surface area contributed by atoms with E-state index in [0.29, 0.717) is 15.9 Å². The Morgan fingerprint density at radius 3 is 2.79 bits per heavy atom. The third-order valence-electron chi connectivity index (χ3n) is 2.03. The van der Waals surface area contributed by atoms with Crippen molar-refractivity contribution in [2.24, 2.45) is 0 Å². The Labute approximate surface area is 86.1 Å². The van der Waals surface area contributed by atoms with Crippen LogP contribution < -0.4 is 5.46 Å². The minimum absolute atomic E-state index is 0.376. The van der Waals surface area contributed by atoms with Crippen molar-refractivity contribution in [1.29, 1.82) is 0 Å². The van der Waals surface area contributed by atoms with E-state index < -0.39 is 7.12 Å². The first-order valence-corrected chi connectivity index (χ1v) is 4.45. The van der Waals surface area contributed by atoms with E-state index in [0.717, 1.165) is 5.39 Å². The molecule has 0 saturated heterocycles. The molecule has 0 radical (unpaired) electrons. The highest BCUT2D eigenvalue weighted by atomic mass is 35.5. The summed E-state index contributed by atoms with van der Waals surface area (Å²) in [5, 5.41) is 20.3. The zero-order valence-electron chi connectivity index (χ0n) is 7.18. The highest BCUT2D eigenvalue weighted by Gasteiger charge is 2.15. The Morgan fingerprint density at radius 1 is 1.29 bits per heavy atom. The number of benzene rings is 1. The third kappa shape index (κ3) is 1.59. The molecule has 0 aliphatic carbocycles. The molecule has 0 unspecified atom stereocenters. The van der Waals surface area contributed by atoms with Crippen molar-refractivity contribution in [3.63, 3.8) is 0 Å². The van der Waals surface area contributed by atoms with Gasteiger partial charge in [0.05, 0.1) is 0 Å². The molecule has 0 amide bonds. The van der Waals surface area contributed by atoms with Crippen molar-refractivity contribution < 1.29 is 10.0 Å². The normalized spacial score (nSPS) is 10.5. The fourth-order valence-corrected chi connectivity index (χ4v) is 1.64. The molecule has 0 atom stereocenters. The molecule has 0 aliphatic rings. The van der Waals surface area contributed by atoms with E-state index in [2.05, 4.69) is 4.98 Å². The summed E-state index contributed by atoms with van der Waals surface area (Å²) in [7, 11) is -1.53. The summed E-state index contributed by atoms with van der Waals surface area (Å²) in [6.45, 7) is 0.